The normalized spacial score (nSPS) is 12.5. The highest BCUT2D eigenvalue weighted by Crippen LogP contribution is 2.22. The minimum Gasteiger partial charge on any atom is -0.361 e. The van der Waals surface area contributed by atoms with Crippen LogP contribution in [0, 0.1) is 6.92 Å². The predicted octanol–water partition coefficient (Wildman–Crippen LogP) is 2.67. The van der Waals surface area contributed by atoms with Crippen molar-refractivity contribution in [3.8, 4) is 0 Å². The zero-order valence-corrected chi connectivity index (χ0v) is 12.6. The summed E-state index contributed by atoms with van der Waals surface area (Å²) in [5.74, 6) is 0.454. The number of nitrogens with one attached hydrogen (secondary N) is 2. The van der Waals surface area contributed by atoms with E-state index in [0.717, 1.165) is 11.1 Å². The number of aromatic nitrogens is 3. The number of carbonyl (C=O) groups excluding carboxylic acids is 1. The van der Waals surface area contributed by atoms with Gasteiger partial charge in [0.15, 0.2) is 5.82 Å². The summed E-state index contributed by atoms with van der Waals surface area (Å²) in [7, 11) is 0. The summed E-state index contributed by atoms with van der Waals surface area (Å²) in [6.45, 7) is 3.90. The molecule has 0 radical (unpaired) electrons. The van der Waals surface area contributed by atoms with Crippen molar-refractivity contribution in [3.63, 3.8) is 0 Å². The molecule has 2 N–H and O–H groups in total. The smallest absolute Gasteiger partial charge is 0.220 e. The largest absolute Gasteiger partial charge is 0.361 e. The molecule has 2 aromatic heterocycles. The van der Waals surface area contributed by atoms with Crippen molar-refractivity contribution in [1.29, 1.82) is 0 Å². The van der Waals surface area contributed by atoms with Gasteiger partial charge in [-0.25, -0.2) is 0 Å². The van der Waals surface area contributed by atoms with Crippen LogP contribution in [0.2, 0.25) is 0 Å². The second-order valence-corrected chi connectivity index (χ2v) is 5.39. The lowest BCUT2D eigenvalue weighted by Crippen LogP contribution is -2.27. The summed E-state index contributed by atoms with van der Waals surface area (Å²) >= 11 is 0. The van der Waals surface area contributed by atoms with Gasteiger partial charge >= 0.3 is 0 Å². The van der Waals surface area contributed by atoms with Gasteiger partial charge in [-0.2, -0.15) is 4.98 Å². The number of aromatic amines is 1. The number of amides is 1. The third kappa shape index (κ3) is 2.86. The van der Waals surface area contributed by atoms with Crippen LogP contribution in [-0.2, 0) is 11.2 Å². The Balaban J connectivity index is 1.62. The summed E-state index contributed by atoms with van der Waals surface area (Å²) in [4.78, 5) is 19.3. The number of hydrogen-bond donors (Lipinski definition) is 2. The van der Waals surface area contributed by atoms with Gasteiger partial charge in [-0.1, -0.05) is 23.4 Å². The van der Waals surface area contributed by atoms with Crippen molar-refractivity contribution >= 4 is 16.8 Å². The fourth-order valence-corrected chi connectivity index (χ4v) is 2.57. The maximum absolute atomic E-state index is 12.0. The van der Waals surface area contributed by atoms with E-state index in [4.69, 9.17) is 0 Å². The van der Waals surface area contributed by atoms with E-state index in [1.54, 1.807) is 0 Å². The molecule has 1 aromatic carbocycles. The minimum atomic E-state index is -0.253. The Bertz CT molecular complexity index is 777. The number of H-pyrrole nitrogens is 1. The van der Waals surface area contributed by atoms with Gasteiger partial charge in [0.2, 0.25) is 12.3 Å². The molecule has 0 spiro atoms. The molecule has 2 heterocycles. The van der Waals surface area contributed by atoms with E-state index < -0.39 is 0 Å². The zero-order chi connectivity index (χ0) is 15.5. The summed E-state index contributed by atoms with van der Waals surface area (Å²) < 4.78 is 4.68. The summed E-state index contributed by atoms with van der Waals surface area (Å²) in [6, 6.07) is 5.93. The molecule has 0 aliphatic heterocycles. The molecule has 1 unspecified atom stereocenters. The Kier molecular flexibility index (Phi) is 3.91. The van der Waals surface area contributed by atoms with Gasteiger partial charge in [0.1, 0.15) is 0 Å². The Morgan fingerprint density at radius 1 is 1.45 bits per heavy atom. The van der Waals surface area contributed by atoms with E-state index >= 15 is 0 Å². The Hall–Kier alpha value is -2.63. The molecule has 0 saturated heterocycles. The first-order chi connectivity index (χ1) is 10.6. The van der Waals surface area contributed by atoms with Gasteiger partial charge in [0.25, 0.3) is 0 Å². The number of para-hydroxylation sites is 1. The molecule has 0 fully saturated rings. The summed E-state index contributed by atoms with van der Waals surface area (Å²) in [6.07, 6.45) is 4.34. The highest BCUT2D eigenvalue weighted by atomic mass is 16.5. The third-order valence-electron chi connectivity index (χ3n) is 3.77. The molecule has 6 heteroatoms. The molecule has 0 aliphatic carbocycles. The van der Waals surface area contributed by atoms with Gasteiger partial charge in [-0.15, -0.1) is 0 Å². The van der Waals surface area contributed by atoms with Crippen LogP contribution in [0.4, 0.5) is 0 Å². The molecule has 114 valence electrons. The van der Waals surface area contributed by atoms with E-state index in [9.17, 15) is 4.79 Å². The van der Waals surface area contributed by atoms with Gasteiger partial charge in [-0.3, -0.25) is 4.79 Å². The second kappa shape index (κ2) is 6.01. The van der Waals surface area contributed by atoms with Crippen molar-refractivity contribution in [3.05, 3.63) is 47.7 Å². The van der Waals surface area contributed by atoms with Crippen molar-refractivity contribution in [2.45, 2.75) is 32.7 Å². The van der Waals surface area contributed by atoms with Crippen molar-refractivity contribution in [1.82, 2.24) is 20.4 Å². The molecule has 6 nitrogen and oxygen atoms in total. The van der Waals surface area contributed by atoms with Crippen molar-refractivity contribution < 1.29 is 9.32 Å². The minimum absolute atomic E-state index is 0.0284. The molecule has 3 aromatic rings. The maximum atomic E-state index is 12.0. The van der Waals surface area contributed by atoms with Crippen LogP contribution in [0.15, 0.2) is 35.3 Å². The topological polar surface area (TPSA) is 83.8 Å². The number of fused-ring (bicyclic) bond motifs is 1. The van der Waals surface area contributed by atoms with E-state index in [2.05, 4.69) is 44.0 Å². The quantitative estimate of drug-likeness (QED) is 0.758. The fraction of sp³-hybridized carbons (Fsp3) is 0.312. The SMILES string of the molecule is Cc1cccc2c(CCC(=O)NC(C)c3ncon3)c[nH]c12. The molecule has 0 saturated carbocycles. The summed E-state index contributed by atoms with van der Waals surface area (Å²) in [5, 5.41) is 7.77. The Morgan fingerprint density at radius 3 is 3.09 bits per heavy atom. The number of benzene rings is 1. The molecule has 3 rings (SSSR count). The van der Waals surface area contributed by atoms with Crippen LogP contribution >= 0.6 is 0 Å². The maximum Gasteiger partial charge on any atom is 0.220 e. The average molecular weight is 298 g/mol. The standard InChI is InChI=1S/C16H18N4O2/c1-10-4-3-5-13-12(8-17-15(10)13)6-7-14(21)19-11(2)16-18-9-22-20-16/h3-5,8-9,11,17H,6-7H2,1-2H3,(H,19,21). The highest BCUT2D eigenvalue weighted by molar-refractivity contribution is 5.86. The monoisotopic (exact) mass is 298 g/mol. The molecule has 22 heavy (non-hydrogen) atoms. The van der Waals surface area contributed by atoms with Gasteiger partial charge in [0.05, 0.1) is 6.04 Å². The van der Waals surface area contributed by atoms with Crippen LogP contribution in [0.5, 0.6) is 0 Å². The van der Waals surface area contributed by atoms with Crippen LogP contribution in [0.1, 0.15) is 36.3 Å². The molecular weight excluding hydrogens is 280 g/mol. The molecule has 1 atom stereocenters. The average Bonchev–Trinajstić information content (AvgIpc) is 3.15. The van der Waals surface area contributed by atoms with Gasteiger partial charge in [-0.05, 0) is 31.4 Å². The molecule has 1 amide bonds. The van der Waals surface area contributed by atoms with Crippen molar-refractivity contribution in [2.75, 3.05) is 0 Å². The molecular formula is C16H18N4O2. The van der Waals surface area contributed by atoms with E-state index in [1.165, 1.54) is 17.3 Å². The first-order valence-corrected chi connectivity index (χ1v) is 7.26. The number of rotatable bonds is 5. The van der Waals surface area contributed by atoms with Crippen LogP contribution in [0.3, 0.4) is 0 Å². The third-order valence-corrected chi connectivity index (χ3v) is 3.77. The van der Waals surface area contributed by atoms with Gasteiger partial charge < -0.3 is 14.8 Å². The van der Waals surface area contributed by atoms with E-state index in [-0.39, 0.29) is 11.9 Å². The lowest BCUT2D eigenvalue weighted by atomic mass is 10.1. The molecule has 0 aliphatic rings. The first kappa shape index (κ1) is 14.3. The number of aryl methyl sites for hydroxylation is 2. The second-order valence-electron chi connectivity index (χ2n) is 5.39. The number of hydrogen-bond acceptors (Lipinski definition) is 4. The van der Waals surface area contributed by atoms with E-state index in [1.807, 2.05) is 19.2 Å². The zero-order valence-electron chi connectivity index (χ0n) is 12.6. The van der Waals surface area contributed by atoms with Crippen LogP contribution < -0.4 is 5.32 Å². The number of carbonyl (C=O) groups is 1. The van der Waals surface area contributed by atoms with E-state index in [0.29, 0.717) is 18.7 Å². The highest BCUT2D eigenvalue weighted by Gasteiger charge is 2.14. The predicted molar refractivity (Wildman–Crippen MR) is 82.2 cm³/mol. The Labute approximate surface area is 127 Å². The Morgan fingerprint density at radius 2 is 2.32 bits per heavy atom. The lowest BCUT2D eigenvalue weighted by Gasteiger charge is -2.09. The molecule has 0 bridgehead atoms. The summed E-state index contributed by atoms with van der Waals surface area (Å²) in [5.41, 5.74) is 3.50. The fourth-order valence-electron chi connectivity index (χ4n) is 2.57. The van der Waals surface area contributed by atoms with Crippen LogP contribution in [-0.4, -0.2) is 21.0 Å². The van der Waals surface area contributed by atoms with Gasteiger partial charge in [0, 0.05) is 23.5 Å². The number of nitrogens with zero attached hydrogens (tertiary/aromatic N) is 2. The van der Waals surface area contributed by atoms with Crippen molar-refractivity contribution in [2.24, 2.45) is 0 Å². The lowest BCUT2D eigenvalue weighted by molar-refractivity contribution is -0.121. The first-order valence-electron chi connectivity index (χ1n) is 7.26. The van der Waals surface area contributed by atoms with Crippen LogP contribution in [0.25, 0.3) is 10.9 Å².